The molecule has 5 heteroatoms. The lowest BCUT2D eigenvalue weighted by atomic mass is 10.1. The zero-order valence-corrected chi connectivity index (χ0v) is 12.7. The Labute approximate surface area is 130 Å². The van der Waals surface area contributed by atoms with Crippen LogP contribution in [-0.2, 0) is 4.74 Å². The number of carbonyl (C=O) groups is 2. The molecule has 2 aliphatic rings. The fourth-order valence-electron chi connectivity index (χ4n) is 3.05. The van der Waals surface area contributed by atoms with Crippen LogP contribution < -0.4 is 5.32 Å². The number of nitrogens with zero attached hydrogens (tertiary/aromatic N) is 1. The third-order valence-corrected chi connectivity index (χ3v) is 4.38. The normalized spacial score (nSPS) is 19.2. The SMILES string of the molecule is O=C(NC1CCCC1)c1ccc(C(=O)N2CCOCC2)cc1. The zero-order valence-electron chi connectivity index (χ0n) is 12.7. The van der Waals surface area contributed by atoms with Crippen molar-refractivity contribution in [3.8, 4) is 0 Å². The minimum absolute atomic E-state index is 0.00560. The summed E-state index contributed by atoms with van der Waals surface area (Å²) in [6.45, 7) is 2.44. The van der Waals surface area contributed by atoms with Gasteiger partial charge in [0, 0.05) is 30.3 Å². The van der Waals surface area contributed by atoms with Crippen molar-refractivity contribution in [2.24, 2.45) is 0 Å². The lowest BCUT2D eigenvalue weighted by Gasteiger charge is -2.26. The first kappa shape index (κ1) is 15.0. The molecular weight excluding hydrogens is 280 g/mol. The molecule has 1 heterocycles. The topological polar surface area (TPSA) is 58.6 Å². The number of benzene rings is 1. The van der Waals surface area contributed by atoms with Gasteiger partial charge in [-0.05, 0) is 37.1 Å². The summed E-state index contributed by atoms with van der Waals surface area (Å²) in [5, 5.41) is 3.06. The molecule has 0 bridgehead atoms. The molecule has 5 nitrogen and oxygen atoms in total. The third-order valence-electron chi connectivity index (χ3n) is 4.38. The Morgan fingerprint density at radius 2 is 1.59 bits per heavy atom. The van der Waals surface area contributed by atoms with E-state index in [-0.39, 0.29) is 11.8 Å². The van der Waals surface area contributed by atoms with Crippen molar-refractivity contribution in [3.63, 3.8) is 0 Å². The van der Waals surface area contributed by atoms with Crippen molar-refractivity contribution in [1.29, 1.82) is 0 Å². The molecule has 1 aromatic rings. The standard InChI is InChI=1S/C17H22N2O3/c20-16(18-15-3-1-2-4-15)13-5-7-14(8-6-13)17(21)19-9-11-22-12-10-19/h5-8,15H,1-4,9-12H2,(H,18,20). The van der Waals surface area contributed by atoms with Crippen molar-refractivity contribution in [2.75, 3.05) is 26.3 Å². The Kier molecular flexibility index (Phi) is 4.73. The molecule has 0 atom stereocenters. The monoisotopic (exact) mass is 302 g/mol. The molecule has 1 saturated carbocycles. The Bertz CT molecular complexity index is 529. The molecule has 22 heavy (non-hydrogen) atoms. The molecule has 2 amide bonds. The Morgan fingerprint density at radius 1 is 1.00 bits per heavy atom. The number of rotatable bonds is 3. The van der Waals surface area contributed by atoms with E-state index in [2.05, 4.69) is 5.32 Å². The Hall–Kier alpha value is -1.88. The largest absolute Gasteiger partial charge is 0.378 e. The third kappa shape index (κ3) is 3.47. The number of hydrogen-bond acceptors (Lipinski definition) is 3. The number of ether oxygens (including phenoxy) is 1. The minimum Gasteiger partial charge on any atom is -0.378 e. The lowest BCUT2D eigenvalue weighted by Crippen LogP contribution is -2.40. The van der Waals surface area contributed by atoms with Gasteiger partial charge in [0.25, 0.3) is 11.8 Å². The highest BCUT2D eigenvalue weighted by Crippen LogP contribution is 2.18. The van der Waals surface area contributed by atoms with E-state index < -0.39 is 0 Å². The van der Waals surface area contributed by atoms with Gasteiger partial charge in [0.15, 0.2) is 0 Å². The molecule has 1 aliphatic heterocycles. The molecule has 1 aromatic carbocycles. The second-order valence-electron chi connectivity index (χ2n) is 5.94. The van der Waals surface area contributed by atoms with E-state index in [0.29, 0.717) is 43.5 Å². The van der Waals surface area contributed by atoms with Crippen molar-refractivity contribution < 1.29 is 14.3 Å². The lowest BCUT2D eigenvalue weighted by molar-refractivity contribution is 0.0303. The highest BCUT2D eigenvalue weighted by molar-refractivity contribution is 5.98. The van der Waals surface area contributed by atoms with Gasteiger partial charge in [-0.15, -0.1) is 0 Å². The molecule has 0 aromatic heterocycles. The van der Waals surface area contributed by atoms with E-state index in [1.807, 2.05) is 0 Å². The summed E-state index contributed by atoms with van der Waals surface area (Å²) in [6.07, 6.45) is 4.52. The summed E-state index contributed by atoms with van der Waals surface area (Å²) < 4.78 is 5.25. The van der Waals surface area contributed by atoms with Gasteiger partial charge in [0.1, 0.15) is 0 Å². The van der Waals surface area contributed by atoms with Gasteiger partial charge in [-0.2, -0.15) is 0 Å². The van der Waals surface area contributed by atoms with Gasteiger partial charge in [0.2, 0.25) is 0 Å². The van der Waals surface area contributed by atoms with E-state index in [0.717, 1.165) is 12.8 Å². The van der Waals surface area contributed by atoms with Gasteiger partial charge in [-0.1, -0.05) is 12.8 Å². The van der Waals surface area contributed by atoms with Crippen LogP contribution in [0.15, 0.2) is 24.3 Å². The van der Waals surface area contributed by atoms with Crippen molar-refractivity contribution in [1.82, 2.24) is 10.2 Å². The molecule has 1 N–H and O–H groups in total. The summed E-state index contributed by atoms with van der Waals surface area (Å²) in [5.74, 6) is -0.0386. The first-order valence-electron chi connectivity index (χ1n) is 8.02. The Morgan fingerprint density at radius 3 is 2.23 bits per heavy atom. The molecule has 0 spiro atoms. The van der Waals surface area contributed by atoms with Crippen LogP contribution in [0.5, 0.6) is 0 Å². The predicted octanol–water partition coefficient (Wildman–Crippen LogP) is 1.83. The first-order valence-corrected chi connectivity index (χ1v) is 8.02. The maximum absolute atomic E-state index is 12.3. The molecular formula is C17H22N2O3. The second kappa shape index (κ2) is 6.92. The zero-order chi connectivity index (χ0) is 15.4. The van der Waals surface area contributed by atoms with Crippen LogP contribution in [0, 0.1) is 0 Å². The molecule has 0 radical (unpaired) electrons. The summed E-state index contributed by atoms with van der Waals surface area (Å²) in [7, 11) is 0. The summed E-state index contributed by atoms with van der Waals surface area (Å²) in [6, 6.07) is 7.25. The van der Waals surface area contributed by atoms with Crippen LogP contribution >= 0.6 is 0 Å². The summed E-state index contributed by atoms with van der Waals surface area (Å²) in [4.78, 5) is 26.3. The van der Waals surface area contributed by atoms with Crippen molar-refractivity contribution in [2.45, 2.75) is 31.7 Å². The molecule has 118 valence electrons. The average Bonchev–Trinajstić information content (AvgIpc) is 3.08. The van der Waals surface area contributed by atoms with Crippen LogP contribution in [0.2, 0.25) is 0 Å². The summed E-state index contributed by atoms with van der Waals surface area (Å²) in [5.41, 5.74) is 1.24. The van der Waals surface area contributed by atoms with E-state index in [4.69, 9.17) is 4.74 Å². The number of morpholine rings is 1. The van der Waals surface area contributed by atoms with Gasteiger partial charge in [-0.25, -0.2) is 0 Å². The average molecular weight is 302 g/mol. The quantitative estimate of drug-likeness (QED) is 0.927. The molecule has 1 aliphatic carbocycles. The highest BCUT2D eigenvalue weighted by atomic mass is 16.5. The van der Waals surface area contributed by atoms with Crippen molar-refractivity contribution >= 4 is 11.8 Å². The van der Waals surface area contributed by atoms with Crippen LogP contribution in [0.3, 0.4) is 0 Å². The number of amides is 2. The number of carbonyl (C=O) groups excluding carboxylic acids is 2. The van der Waals surface area contributed by atoms with Crippen LogP contribution in [0.25, 0.3) is 0 Å². The van der Waals surface area contributed by atoms with Gasteiger partial charge in [0.05, 0.1) is 13.2 Å². The van der Waals surface area contributed by atoms with E-state index in [1.54, 1.807) is 29.2 Å². The summed E-state index contributed by atoms with van der Waals surface area (Å²) >= 11 is 0. The number of hydrogen-bond donors (Lipinski definition) is 1. The van der Waals surface area contributed by atoms with E-state index >= 15 is 0 Å². The fourth-order valence-corrected chi connectivity index (χ4v) is 3.05. The molecule has 0 unspecified atom stereocenters. The smallest absolute Gasteiger partial charge is 0.254 e. The Balaban J connectivity index is 1.61. The second-order valence-corrected chi connectivity index (χ2v) is 5.94. The van der Waals surface area contributed by atoms with Crippen molar-refractivity contribution in [3.05, 3.63) is 35.4 Å². The molecule has 2 fully saturated rings. The fraction of sp³-hybridized carbons (Fsp3) is 0.529. The maximum atomic E-state index is 12.3. The van der Waals surface area contributed by atoms with Gasteiger partial charge in [-0.3, -0.25) is 9.59 Å². The molecule has 1 saturated heterocycles. The van der Waals surface area contributed by atoms with Gasteiger partial charge >= 0.3 is 0 Å². The number of nitrogens with one attached hydrogen (secondary N) is 1. The predicted molar refractivity (Wildman–Crippen MR) is 82.9 cm³/mol. The van der Waals surface area contributed by atoms with Crippen LogP contribution in [0.1, 0.15) is 46.4 Å². The highest BCUT2D eigenvalue weighted by Gasteiger charge is 2.20. The van der Waals surface area contributed by atoms with Gasteiger partial charge < -0.3 is 15.0 Å². The maximum Gasteiger partial charge on any atom is 0.254 e. The molecule has 3 rings (SSSR count). The van der Waals surface area contributed by atoms with E-state index in [1.165, 1.54) is 12.8 Å². The first-order chi connectivity index (χ1) is 10.7. The van der Waals surface area contributed by atoms with Crippen LogP contribution in [0.4, 0.5) is 0 Å². The van der Waals surface area contributed by atoms with Crippen LogP contribution in [-0.4, -0.2) is 49.1 Å². The minimum atomic E-state index is -0.0442. The van der Waals surface area contributed by atoms with E-state index in [9.17, 15) is 9.59 Å².